The second kappa shape index (κ2) is 15.4. The fraction of sp³-hybridized carbons (Fsp3) is 0.412. The average Bonchev–Trinajstić information content (AvgIpc) is 2.95. The standard InChI is InChI=1S/C34H42N2O7/c1-20-14-21(2)16-27(43-6)17-22(3)18-28-31(36-34(41)24-10-12-25(37)13-11-24)30(38)19-29(32(28)39)35-33(40)23(4)8-7-9-26(15-20)42-5/h7-14,19,21-22,26-27,37H,15-18H2,1-6H3,(H,35,40)(H,36,41)/b9-7-,20-14+,23-8+/t21-,22-,26-,27+/m0/s1. The second-order valence-electron chi connectivity index (χ2n) is 11.4. The van der Waals surface area contributed by atoms with Crippen LogP contribution in [-0.4, -0.2) is 54.9 Å². The van der Waals surface area contributed by atoms with Gasteiger partial charge in [-0.25, -0.2) is 0 Å². The third-order valence-electron chi connectivity index (χ3n) is 7.57. The van der Waals surface area contributed by atoms with Crippen LogP contribution in [0.4, 0.5) is 0 Å². The monoisotopic (exact) mass is 590 g/mol. The van der Waals surface area contributed by atoms with Crippen molar-refractivity contribution in [2.45, 2.75) is 65.6 Å². The number of fused-ring (bicyclic) bond motifs is 2. The summed E-state index contributed by atoms with van der Waals surface area (Å²) in [6, 6.07) is 5.55. The molecule has 4 atom stereocenters. The van der Waals surface area contributed by atoms with Gasteiger partial charge in [-0.1, -0.05) is 43.7 Å². The van der Waals surface area contributed by atoms with E-state index in [9.17, 15) is 24.3 Å². The van der Waals surface area contributed by atoms with Gasteiger partial charge in [0.25, 0.3) is 11.8 Å². The number of ketones is 2. The minimum atomic E-state index is -0.600. The summed E-state index contributed by atoms with van der Waals surface area (Å²) < 4.78 is 11.4. The number of amides is 2. The number of allylic oxidation sites excluding steroid dienone is 5. The predicted octanol–water partition coefficient (Wildman–Crippen LogP) is 4.85. The van der Waals surface area contributed by atoms with Gasteiger partial charge in [0.2, 0.25) is 11.6 Å². The molecule has 1 aromatic rings. The van der Waals surface area contributed by atoms with Crippen LogP contribution in [0.3, 0.4) is 0 Å². The van der Waals surface area contributed by atoms with E-state index in [1.54, 1.807) is 33.3 Å². The van der Waals surface area contributed by atoms with Crippen molar-refractivity contribution in [1.29, 1.82) is 0 Å². The van der Waals surface area contributed by atoms with E-state index < -0.39 is 23.4 Å². The molecule has 0 aromatic heterocycles. The molecule has 0 radical (unpaired) electrons. The number of carbonyl (C=O) groups excluding carboxylic acids is 4. The molecule has 3 rings (SSSR count). The van der Waals surface area contributed by atoms with E-state index in [4.69, 9.17) is 9.47 Å². The first-order valence-electron chi connectivity index (χ1n) is 14.4. The van der Waals surface area contributed by atoms with Gasteiger partial charge in [-0.05, 0) is 75.6 Å². The van der Waals surface area contributed by atoms with E-state index in [1.807, 2.05) is 13.0 Å². The van der Waals surface area contributed by atoms with Crippen LogP contribution in [0.25, 0.3) is 0 Å². The maximum Gasteiger partial charge on any atom is 0.255 e. The number of nitrogens with one attached hydrogen (secondary N) is 2. The Labute approximate surface area is 253 Å². The van der Waals surface area contributed by atoms with E-state index >= 15 is 0 Å². The quantitative estimate of drug-likeness (QED) is 0.337. The minimum absolute atomic E-state index is 0.00913. The fourth-order valence-electron chi connectivity index (χ4n) is 5.29. The molecule has 3 N–H and O–H groups in total. The van der Waals surface area contributed by atoms with Crippen LogP contribution in [0.1, 0.15) is 63.7 Å². The van der Waals surface area contributed by atoms with Gasteiger partial charge in [-0.15, -0.1) is 0 Å². The van der Waals surface area contributed by atoms with Gasteiger partial charge in [0.05, 0.1) is 23.6 Å². The molecule has 0 saturated heterocycles. The predicted molar refractivity (Wildman–Crippen MR) is 164 cm³/mol. The molecule has 1 aliphatic carbocycles. The molecule has 2 amide bonds. The van der Waals surface area contributed by atoms with Crippen molar-refractivity contribution < 1.29 is 33.8 Å². The Morgan fingerprint density at radius 1 is 1.00 bits per heavy atom. The Bertz CT molecular complexity index is 1380. The number of hydrogen-bond acceptors (Lipinski definition) is 7. The van der Waals surface area contributed by atoms with Crippen LogP contribution in [-0.2, 0) is 23.9 Å². The summed E-state index contributed by atoms with van der Waals surface area (Å²) in [7, 11) is 3.29. The molecule has 0 fully saturated rings. The van der Waals surface area contributed by atoms with E-state index in [1.165, 1.54) is 29.8 Å². The lowest BCUT2D eigenvalue weighted by molar-refractivity contribution is -0.120. The van der Waals surface area contributed by atoms with Gasteiger partial charge in [0.1, 0.15) is 5.75 Å². The highest BCUT2D eigenvalue weighted by molar-refractivity contribution is 6.24. The summed E-state index contributed by atoms with van der Waals surface area (Å²) in [6.07, 6.45) is 10.4. The van der Waals surface area contributed by atoms with Crippen LogP contribution >= 0.6 is 0 Å². The topological polar surface area (TPSA) is 131 Å². The summed E-state index contributed by atoms with van der Waals surface area (Å²) in [5.74, 6) is -2.16. The Balaban J connectivity index is 2.01. The van der Waals surface area contributed by atoms with Crippen LogP contribution in [0.5, 0.6) is 5.75 Å². The van der Waals surface area contributed by atoms with Crippen molar-refractivity contribution in [3.8, 4) is 5.75 Å². The number of ether oxygens (including phenoxy) is 2. The zero-order valence-electron chi connectivity index (χ0n) is 25.7. The van der Waals surface area contributed by atoms with Crippen molar-refractivity contribution in [2.24, 2.45) is 11.8 Å². The van der Waals surface area contributed by atoms with Gasteiger partial charge in [0.15, 0.2) is 0 Å². The molecule has 230 valence electrons. The molecule has 1 heterocycles. The lowest BCUT2D eigenvalue weighted by Crippen LogP contribution is -2.37. The van der Waals surface area contributed by atoms with E-state index in [2.05, 4.69) is 30.6 Å². The smallest absolute Gasteiger partial charge is 0.255 e. The lowest BCUT2D eigenvalue weighted by atomic mass is 9.86. The Kier molecular flexibility index (Phi) is 12.0. The molecule has 2 aliphatic rings. The Morgan fingerprint density at radius 2 is 1.70 bits per heavy atom. The molecule has 9 heteroatoms. The lowest BCUT2D eigenvalue weighted by Gasteiger charge is -2.25. The maximum atomic E-state index is 13.7. The zero-order chi connectivity index (χ0) is 31.7. The second-order valence-corrected chi connectivity index (χ2v) is 11.4. The van der Waals surface area contributed by atoms with Crippen molar-refractivity contribution in [3.63, 3.8) is 0 Å². The molecule has 1 aliphatic heterocycles. The first-order valence-corrected chi connectivity index (χ1v) is 14.4. The van der Waals surface area contributed by atoms with Gasteiger partial charge < -0.3 is 25.2 Å². The van der Waals surface area contributed by atoms with Crippen molar-refractivity contribution >= 4 is 23.4 Å². The number of rotatable bonds is 4. The van der Waals surface area contributed by atoms with Crippen LogP contribution in [0.15, 0.2) is 82.8 Å². The number of carbonyl (C=O) groups is 4. The van der Waals surface area contributed by atoms with E-state index in [-0.39, 0.29) is 58.7 Å². The summed E-state index contributed by atoms with van der Waals surface area (Å²) >= 11 is 0. The third-order valence-corrected chi connectivity index (χ3v) is 7.57. The highest BCUT2D eigenvalue weighted by Crippen LogP contribution is 2.28. The summed E-state index contributed by atoms with van der Waals surface area (Å²) in [5, 5.41) is 14.8. The molecule has 0 spiro atoms. The van der Waals surface area contributed by atoms with Gasteiger partial charge >= 0.3 is 0 Å². The molecule has 1 aromatic carbocycles. The number of phenols is 1. The average molecular weight is 591 g/mol. The van der Waals surface area contributed by atoms with Crippen LogP contribution < -0.4 is 10.6 Å². The van der Waals surface area contributed by atoms with Crippen molar-refractivity contribution in [3.05, 3.63) is 88.3 Å². The highest BCUT2D eigenvalue weighted by atomic mass is 16.5. The SMILES string of the molecule is CO[C@H]1C[C@H](C)CC2=C(NC(=O)c3ccc(O)cc3)C(=O)C=C(NC(=O)/C(C)=C/C=C\[C@H](OC)C/C(C)=C/[C@H](C)C1)C2=O. The van der Waals surface area contributed by atoms with Crippen molar-refractivity contribution in [2.75, 3.05) is 14.2 Å². The molecular weight excluding hydrogens is 548 g/mol. The summed E-state index contributed by atoms with van der Waals surface area (Å²) in [5.41, 5.74) is 1.55. The molecule has 9 nitrogen and oxygen atoms in total. The van der Waals surface area contributed by atoms with Gasteiger partial charge in [-0.3, -0.25) is 19.2 Å². The van der Waals surface area contributed by atoms with E-state index in [0.29, 0.717) is 18.4 Å². The minimum Gasteiger partial charge on any atom is -0.508 e. The Morgan fingerprint density at radius 3 is 2.35 bits per heavy atom. The largest absolute Gasteiger partial charge is 0.508 e. The third kappa shape index (κ3) is 9.46. The molecule has 2 bridgehead atoms. The number of hydrogen-bond donors (Lipinski definition) is 3. The number of phenolic OH excluding ortho intramolecular Hbond substituents is 1. The normalized spacial score (nSPS) is 27.8. The fourth-order valence-corrected chi connectivity index (χ4v) is 5.29. The number of Topliss-reactive ketones (excluding diaryl/α,β-unsaturated/α-hetero) is 1. The first-order chi connectivity index (χ1) is 20.4. The molecule has 0 saturated carbocycles. The molecule has 43 heavy (non-hydrogen) atoms. The summed E-state index contributed by atoms with van der Waals surface area (Å²) in [4.78, 5) is 53.1. The van der Waals surface area contributed by atoms with Crippen molar-refractivity contribution in [1.82, 2.24) is 10.6 Å². The Hall–Kier alpha value is -4.08. The van der Waals surface area contributed by atoms with Crippen LogP contribution in [0, 0.1) is 11.8 Å². The highest BCUT2D eigenvalue weighted by Gasteiger charge is 2.32. The van der Waals surface area contributed by atoms with Crippen LogP contribution in [0.2, 0.25) is 0 Å². The first kappa shape index (κ1) is 33.4. The summed E-state index contributed by atoms with van der Waals surface area (Å²) in [6.45, 7) is 7.76. The van der Waals surface area contributed by atoms with Gasteiger partial charge in [-0.2, -0.15) is 0 Å². The zero-order valence-corrected chi connectivity index (χ0v) is 25.7. The number of aromatic hydroxyl groups is 1. The van der Waals surface area contributed by atoms with E-state index in [0.717, 1.165) is 12.5 Å². The number of methoxy groups -OCH3 is 2. The molecule has 0 unspecified atom stereocenters. The maximum absolute atomic E-state index is 13.7. The number of benzene rings is 1. The molecular formula is C34H42N2O7. The van der Waals surface area contributed by atoms with Gasteiger partial charge in [0, 0.05) is 37.0 Å².